The van der Waals surface area contributed by atoms with E-state index < -0.39 is 0 Å². The van der Waals surface area contributed by atoms with E-state index in [-0.39, 0.29) is 12.0 Å². The van der Waals surface area contributed by atoms with E-state index >= 15 is 0 Å². The molecule has 0 aliphatic heterocycles. The maximum absolute atomic E-state index is 9.10. The summed E-state index contributed by atoms with van der Waals surface area (Å²) in [6.45, 7) is 6.12. The quantitative estimate of drug-likeness (QED) is 0.723. The molecule has 1 N–H and O–H groups in total. The number of aryl methyl sites for hydroxylation is 1. The second kappa shape index (κ2) is 3.23. The summed E-state index contributed by atoms with van der Waals surface area (Å²) in [6.07, 6.45) is 1.78. The van der Waals surface area contributed by atoms with Crippen molar-refractivity contribution in [1.29, 1.82) is 0 Å². The molecule has 0 aliphatic rings. The zero-order valence-corrected chi connectivity index (χ0v) is 7.83. The van der Waals surface area contributed by atoms with Crippen LogP contribution in [-0.4, -0.2) is 16.7 Å². The van der Waals surface area contributed by atoms with Crippen molar-refractivity contribution in [3.8, 4) is 0 Å². The van der Waals surface area contributed by atoms with Crippen molar-refractivity contribution in [2.75, 3.05) is 6.61 Å². The fourth-order valence-electron chi connectivity index (χ4n) is 0.987. The molecule has 0 unspecified atom stereocenters. The molecule has 0 amide bonds. The van der Waals surface area contributed by atoms with Crippen molar-refractivity contribution in [3.05, 3.63) is 29.6 Å². The molecule has 0 saturated heterocycles. The number of nitrogens with zero attached hydrogens (tertiary/aromatic N) is 1. The first-order chi connectivity index (χ1) is 5.56. The SMILES string of the molecule is Cc1ccnc(C(C)(C)CO)c1. The number of aliphatic hydroxyl groups is 1. The van der Waals surface area contributed by atoms with Gasteiger partial charge in [-0.25, -0.2) is 0 Å². The van der Waals surface area contributed by atoms with Crippen LogP contribution in [0.3, 0.4) is 0 Å². The van der Waals surface area contributed by atoms with Crippen molar-refractivity contribution in [1.82, 2.24) is 4.98 Å². The summed E-state index contributed by atoms with van der Waals surface area (Å²) in [4.78, 5) is 4.22. The summed E-state index contributed by atoms with van der Waals surface area (Å²) in [7, 11) is 0. The summed E-state index contributed by atoms with van der Waals surface area (Å²) >= 11 is 0. The van der Waals surface area contributed by atoms with Gasteiger partial charge >= 0.3 is 0 Å². The Balaban J connectivity index is 3.03. The van der Waals surface area contributed by atoms with Gasteiger partial charge in [-0.2, -0.15) is 0 Å². The molecule has 2 nitrogen and oxygen atoms in total. The lowest BCUT2D eigenvalue weighted by Gasteiger charge is -2.20. The zero-order chi connectivity index (χ0) is 9.19. The second-order valence-electron chi connectivity index (χ2n) is 3.76. The number of hydrogen-bond donors (Lipinski definition) is 1. The number of rotatable bonds is 2. The van der Waals surface area contributed by atoms with Crippen molar-refractivity contribution in [2.24, 2.45) is 0 Å². The van der Waals surface area contributed by atoms with Crippen LogP contribution < -0.4 is 0 Å². The molecule has 0 aliphatic carbocycles. The predicted molar refractivity (Wildman–Crippen MR) is 49.1 cm³/mol. The van der Waals surface area contributed by atoms with Crippen molar-refractivity contribution < 1.29 is 5.11 Å². The van der Waals surface area contributed by atoms with Crippen LogP contribution in [0.5, 0.6) is 0 Å². The van der Waals surface area contributed by atoms with Crippen LogP contribution in [0.15, 0.2) is 18.3 Å². The first kappa shape index (κ1) is 9.20. The highest BCUT2D eigenvalue weighted by Gasteiger charge is 2.20. The van der Waals surface area contributed by atoms with Gasteiger partial charge in [-0.15, -0.1) is 0 Å². The van der Waals surface area contributed by atoms with Gasteiger partial charge in [-0.3, -0.25) is 4.98 Å². The number of hydrogen-bond acceptors (Lipinski definition) is 2. The first-order valence-electron chi connectivity index (χ1n) is 4.10. The van der Waals surface area contributed by atoms with Crippen molar-refractivity contribution in [2.45, 2.75) is 26.2 Å². The lowest BCUT2D eigenvalue weighted by molar-refractivity contribution is 0.215. The van der Waals surface area contributed by atoms with E-state index in [4.69, 9.17) is 5.11 Å². The maximum atomic E-state index is 9.10. The minimum Gasteiger partial charge on any atom is -0.395 e. The van der Waals surface area contributed by atoms with Gasteiger partial charge in [0.25, 0.3) is 0 Å². The van der Waals surface area contributed by atoms with Crippen LogP contribution >= 0.6 is 0 Å². The maximum Gasteiger partial charge on any atom is 0.0537 e. The third-order valence-electron chi connectivity index (χ3n) is 2.00. The second-order valence-corrected chi connectivity index (χ2v) is 3.76. The van der Waals surface area contributed by atoms with Crippen molar-refractivity contribution in [3.63, 3.8) is 0 Å². The molecule has 1 heterocycles. The van der Waals surface area contributed by atoms with E-state index in [9.17, 15) is 0 Å². The van der Waals surface area contributed by atoms with E-state index in [1.54, 1.807) is 6.20 Å². The Hall–Kier alpha value is -0.890. The molecule has 0 radical (unpaired) electrons. The number of aliphatic hydroxyl groups excluding tert-OH is 1. The Labute approximate surface area is 73.3 Å². The van der Waals surface area contributed by atoms with Gasteiger partial charge in [-0.1, -0.05) is 13.8 Å². The van der Waals surface area contributed by atoms with Crippen LogP contribution in [0, 0.1) is 6.92 Å². The lowest BCUT2D eigenvalue weighted by atomic mass is 9.89. The largest absolute Gasteiger partial charge is 0.395 e. The number of aromatic nitrogens is 1. The predicted octanol–water partition coefficient (Wildman–Crippen LogP) is 1.66. The van der Waals surface area contributed by atoms with E-state index in [0.29, 0.717) is 0 Å². The Morgan fingerprint density at radius 2 is 2.17 bits per heavy atom. The van der Waals surface area contributed by atoms with Gasteiger partial charge in [0.15, 0.2) is 0 Å². The van der Waals surface area contributed by atoms with E-state index in [0.717, 1.165) is 5.69 Å². The van der Waals surface area contributed by atoms with E-state index in [2.05, 4.69) is 4.98 Å². The van der Waals surface area contributed by atoms with Gasteiger partial charge in [0, 0.05) is 17.3 Å². The van der Waals surface area contributed by atoms with Crippen LogP contribution in [-0.2, 0) is 5.41 Å². The van der Waals surface area contributed by atoms with Gasteiger partial charge in [0.05, 0.1) is 6.61 Å². The van der Waals surface area contributed by atoms with Gasteiger partial charge < -0.3 is 5.11 Å². The average molecular weight is 165 g/mol. The molecule has 66 valence electrons. The molecule has 0 spiro atoms. The van der Waals surface area contributed by atoms with Gasteiger partial charge in [-0.05, 0) is 24.6 Å². The van der Waals surface area contributed by atoms with E-state index in [1.807, 2.05) is 32.9 Å². The Kier molecular flexibility index (Phi) is 2.48. The molecule has 1 aromatic rings. The molecule has 1 aromatic heterocycles. The zero-order valence-electron chi connectivity index (χ0n) is 7.83. The van der Waals surface area contributed by atoms with Crippen LogP contribution in [0.1, 0.15) is 25.1 Å². The van der Waals surface area contributed by atoms with E-state index in [1.165, 1.54) is 5.56 Å². The Morgan fingerprint density at radius 1 is 1.50 bits per heavy atom. The fraction of sp³-hybridized carbons (Fsp3) is 0.500. The highest BCUT2D eigenvalue weighted by Crippen LogP contribution is 2.20. The molecule has 0 aromatic carbocycles. The summed E-state index contributed by atoms with van der Waals surface area (Å²) in [5, 5.41) is 9.10. The third kappa shape index (κ3) is 1.83. The average Bonchev–Trinajstić information content (AvgIpc) is 2.05. The molecular formula is C10H15NO. The molecule has 0 atom stereocenters. The number of pyridine rings is 1. The summed E-state index contributed by atoms with van der Waals surface area (Å²) < 4.78 is 0. The standard InChI is InChI=1S/C10H15NO/c1-8-4-5-11-9(6-8)10(2,3)7-12/h4-6,12H,7H2,1-3H3. The molecule has 0 saturated carbocycles. The summed E-state index contributed by atoms with van der Waals surface area (Å²) in [5.74, 6) is 0. The molecular weight excluding hydrogens is 150 g/mol. The normalized spacial score (nSPS) is 11.7. The highest BCUT2D eigenvalue weighted by molar-refractivity contribution is 5.20. The van der Waals surface area contributed by atoms with Crippen LogP contribution in [0.2, 0.25) is 0 Å². The van der Waals surface area contributed by atoms with Crippen LogP contribution in [0.4, 0.5) is 0 Å². The third-order valence-corrected chi connectivity index (χ3v) is 2.00. The monoisotopic (exact) mass is 165 g/mol. The minimum atomic E-state index is -0.230. The summed E-state index contributed by atoms with van der Waals surface area (Å²) in [5.41, 5.74) is 1.90. The molecule has 0 bridgehead atoms. The Morgan fingerprint density at radius 3 is 2.67 bits per heavy atom. The first-order valence-corrected chi connectivity index (χ1v) is 4.10. The topological polar surface area (TPSA) is 33.1 Å². The van der Waals surface area contributed by atoms with Gasteiger partial charge in [0.2, 0.25) is 0 Å². The van der Waals surface area contributed by atoms with Gasteiger partial charge in [0.1, 0.15) is 0 Å². The minimum absolute atomic E-state index is 0.128. The lowest BCUT2D eigenvalue weighted by Crippen LogP contribution is -2.23. The molecule has 1 rings (SSSR count). The van der Waals surface area contributed by atoms with Crippen molar-refractivity contribution >= 4 is 0 Å². The summed E-state index contributed by atoms with van der Waals surface area (Å²) in [6, 6.07) is 3.97. The molecule has 0 fully saturated rings. The highest BCUT2D eigenvalue weighted by atomic mass is 16.3. The smallest absolute Gasteiger partial charge is 0.0537 e. The molecule has 12 heavy (non-hydrogen) atoms. The van der Waals surface area contributed by atoms with Crippen LogP contribution in [0.25, 0.3) is 0 Å². The Bertz CT molecular complexity index is 268. The fourth-order valence-corrected chi connectivity index (χ4v) is 0.987. The molecule has 2 heteroatoms.